The van der Waals surface area contributed by atoms with E-state index in [4.69, 9.17) is 10.5 Å². The van der Waals surface area contributed by atoms with Gasteiger partial charge in [-0.05, 0) is 43.7 Å². The fourth-order valence-corrected chi connectivity index (χ4v) is 4.46. The van der Waals surface area contributed by atoms with Gasteiger partial charge in [-0.2, -0.15) is 0 Å². The Bertz CT molecular complexity index is 846. The molecule has 28 heavy (non-hydrogen) atoms. The summed E-state index contributed by atoms with van der Waals surface area (Å²) in [6.07, 6.45) is 4.08. The van der Waals surface area contributed by atoms with Crippen LogP contribution in [-0.4, -0.2) is 61.7 Å². The summed E-state index contributed by atoms with van der Waals surface area (Å²) < 4.78 is 5.96. The van der Waals surface area contributed by atoms with Crippen molar-refractivity contribution in [2.45, 2.75) is 37.8 Å². The normalized spacial score (nSPS) is 23.8. The molecule has 2 aromatic rings. The van der Waals surface area contributed by atoms with Crippen molar-refractivity contribution in [1.82, 2.24) is 9.88 Å². The van der Waals surface area contributed by atoms with Crippen molar-refractivity contribution >= 4 is 22.5 Å². The van der Waals surface area contributed by atoms with E-state index in [1.807, 2.05) is 54.2 Å². The highest BCUT2D eigenvalue weighted by atomic mass is 16.5. The number of carbonyl (C=O) groups excluding carboxylic acids is 1. The first-order valence-corrected chi connectivity index (χ1v) is 10.3. The first-order valence-electron chi connectivity index (χ1n) is 10.3. The quantitative estimate of drug-likeness (QED) is 0.884. The van der Waals surface area contributed by atoms with Crippen LogP contribution < -0.4 is 10.6 Å². The van der Waals surface area contributed by atoms with Crippen LogP contribution in [0.25, 0.3) is 10.9 Å². The molecule has 1 aromatic heterocycles. The van der Waals surface area contributed by atoms with Gasteiger partial charge in [0.2, 0.25) is 0 Å². The SMILES string of the molecule is CN(C)c1cc(C(=O)N2CCC(C3CC(N)CCO3)CC2)nc2ccccc12. The molecule has 2 atom stereocenters. The van der Waals surface area contributed by atoms with Crippen LogP contribution in [0.5, 0.6) is 0 Å². The van der Waals surface area contributed by atoms with E-state index in [1.54, 1.807) is 0 Å². The number of hydrogen-bond acceptors (Lipinski definition) is 5. The summed E-state index contributed by atoms with van der Waals surface area (Å²) in [5.74, 6) is 0.519. The number of fused-ring (bicyclic) bond motifs is 1. The molecule has 3 heterocycles. The van der Waals surface area contributed by atoms with Gasteiger partial charge in [0.25, 0.3) is 5.91 Å². The minimum atomic E-state index is 0.0218. The summed E-state index contributed by atoms with van der Waals surface area (Å²) in [6, 6.07) is 10.2. The molecule has 0 bridgehead atoms. The lowest BCUT2D eigenvalue weighted by atomic mass is 9.86. The largest absolute Gasteiger partial charge is 0.378 e. The van der Waals surface area contributed by atoms with Crippen LogP contribution in [0.2, 0.25) is 0 Å². The third kappa shape index (κ3) is 3.84. The lowest BCUT2D eigenvalue weighted by Crippen LogP contribution is -2.45. The van der Waals surface area contributed by atoms with Crippen LogP contribution in [0.15, 0.2) is 30.3 Å². The molecule has 2 N–H and O–H groups in total. The number of nitrogens with two attached hydrogens (primary N) is 1. The lowest BCUT2D eigenvalue weighted by Gasteiger charge is -2.38. The van der Waals surface area contributed by atoms with Crippen LogP contribution in [0.1, 0.15) is 36.2 Å². The molecule has 0 spiro atoms. The average molecular weight is 383 g/mol. The van der Waals surface area contributed by atoms with Crippen LogP contribution in [-0.2, 0) is 4.74 Å². The van der Waals surface area contributed by atoms with Gasteiger partial charge in [-0.15, -0.1) is 0 Å². The Kier molecular flexibility index (Phi) is 5.51. The van der Waals surface area contributed by atoms with E-state index in [-0.39, 0.29) is 18.1 Å². The summed E-state index contributed by atoms with van der Waals surface area (Å²) in [4.78, 5) is 21.8. The van der Waals surface area contributed by atoms with Crippen LogP contribution >= 0.6 is 0 Å². The molecule has 2 aliphatic heterocycles. The molecular weight excluding hydrogens is 352 g/mol. The summed E-state index contributed by atoms with van der Waals surface area (Å²) in [6.45, 7) is 2.27. The van der Waals surface area contributed by atoms with E-state index < -0.39 is 0 Å². The van der Waals surface area contributed by atoms with Crippen molar-refractivity contribution in [2.24, 2.45) is 11.7 Å². The topological polar surface area (TPSA) is 71.7 Å². The number of ether oxygens (including phenoxy) is 1. The van der Waals surface area contributed by atoms with Crippen molar-refractivity contribution in [3.8, 4) is 0 Å². The van der Waals surface area contributed by atoms with E-state index >= 15 is 0 Å². The van der Waals surface area contributed by atoms with Gasteiger partial charge in [0.15, 0.2) is 0 Å². The van der Waals surface area contributed by atoms with E-state index in [1.165, 1.54) is 0 Å². The van der Waals surface area contributed by atoms with E-state index in [0.29, 0.717) is 11.6 Å². The number of para-hydroxylation sites is 1. The maximum atomic E-state index is 13.1. The number of nitrogens with zero attached hydrogens (tertiary/aromatic N) is 3. The van der Waals surface area contributed by atoms with Crippen molar-refractivity contribution in [1.29, 1.82) is 0 Å². The molecule has 4 rings (SSSR count). The monoisotopic (exact) mass is 382 g/mol. The Morgan fingerprint density at radius 3 is 2.68 bits per heavy atom. The summed E-state index contributed by atoms with van der Waals surface area (Å²) in [7, 11) is 3.99. The highest BCUT2D eigenvalue weighted by Crippen LogP contribution is 2.30. The maximum absolute atomic E-state index is 13.1. The number of pyridine rings is 1. The van der Waals surface area contributed by atoms with Gasteiger partial charge < -0.3 is 20.3 Å². The van der Waals surface area contributed by atoms with Crippen molar-refractivity contribution in [3.63, 3.8) is 0 Å². The number of aromatic nitrogens is 1. The Morgan fingerprint density at radius 1 is 1.21 bits per heavy atom. The number of carbonyl (C=O) groups is 1. The smallest absolute Gasteiger partial charge is 0.272 e. The second-order valence-corrected chi connectivity index (χ2v) is 8.26. The zero-order chi connectivity index (χ0) is 19.7. The van der Waals surface area contributed by atoms with Crippen LogP contribution in [0.4, 0.5) is 5.69 Å². The average Bonchev–Trinajstić information content (AvgIpc) is 2.72. The van der Waals surface area contributed by atoms with Crippen molar-refractivity contribution < 1.29 is 9.53 Å². The van der Waals surface area contributed by atoms with E-state index in [0.717, 1.165) is 62.0 Å². The molecule has 6 heteroatoms. The lowest BCUT2D eigenvalue weighted by molar-refractivity contribution is -0.0420. The number of rotatable bonds is 3. The van der Waals surface area contributed by atoms with Crippen molar-refractivity contribution in [2.75, 3.05) is 38.7 Å². The molecule has 2 aliphatic rings. The summed E-state index contributed by atoms with van der Waals surface area (Å²) >= 11 is 0. The molecule has 1 aromatic carbocycles. The number of hydrogen-bond donors (Lipinski definition) is 1. The first-order chi connectivity index (χ1) is 13.5. The molecule has 0 saturated carbocycles. The zero-order valence-electron chi connectivity index (χ0n) is 16.8. The minimum Gasteiger partial charge on any atom is -0.378 e. The van der Waals surface area contributed by atoms with Gasteiger partial charge in [-0.1, -0.05) is 18.2 Å². The third-order valence-electron chi connectivity index (χ3n) is 6.10. The zero-order valence-corrected chi connectivity index (χ0v) is 16.8. The Hall–Kier alpha value is -2.18. The van der Waals surface area contributed by atoms with Gasteiger partial charge in [-0.3, -0.25) is 4.79 Å². The van der Waals surface area contributed by atoms with Gasteiger partial charge in [0.1, 0.15) is 5.69 Å². The highest BCUT2D eigenvalue weighted by Gasteiger charge is 2.32. The molecule has 2 fully saturated rings. The molecule has 0 radical (unpaired) electrons. The molecule has 2 saturated heterocycles. The molecule has 0 aliphatic carbocycles. The van der Waals surface area contributed by atoms with Gasteiger partial charge in [0.05, 0.1) is 11.6 Å². The minimum absolute atomic E-state index is 0.0218. The molecule has 6 nitrogen and oxygen atoms in total. The Balaban J connectivity index is 1.48. The number of likely N-dealkylation sites (tertiary alicyclic amines) is 1. The standard InChI is InChI=1S/C22H30N4O2/c1-25(2)20-14-19(24-18-6-4-3-5-17(18)20)22(27)26-10-7-15(8-11-26)21-13-16(23)9-12-28-21/h3-6,14-16,21H,7-13,23H2,1-2H3. The van der Waals surface area contributed by atoms with Crippen LogP contribution in [0, 0.1) is 5.92 Å². The number of benzene rings is 1. The predicted molar refractivity (Wildman–Crippen MR) is 112 cm³/mol. The van der Waals surface area contributed by atoms with Gasteiger partial charge in [-0.25, -0.2) is 4.98 Å². The molecular formula is C22H30N4O2. The maximum Gasteiger partial charge on any atom is 0.272 e. The predicted octanol–water partition coefficient (Wildman–Crippen LogP) is 2.66. The Labute approximate surface area is 166 Å². The van der Waals surface area contributed by atoms with Crippen molar-refractivity contribution in [3.05, 3.63) is 36.0 Å². The first kappa shape index (κ1) is 19.2. The fourth-order valence-electron chi connectivity index (χ4n) is 4.46. The van der Waals surface area contributed by atoms with Gasteiger partial charge >= 0.3 is 0 Å². The second kappa shape index (κ2) is 8.05. The highest BCUT2D eigenvalue weighted by molar-refractivity contribution is 6.00. The molecule has 150 valence electrons. The summed E-state index contributed by atoms with van der Waals surface area (Å²) in [5, 5.41) is 1.06. The van der Waals surface area contributed by atoms with Gasteiger partial charge in [0, 0.05) is 50.9 Å². The van der Waals surface area contributed by atoms with E-state index in [9.17, 15) is 4.79 Å². The number of anilines is 1. The molecule has 1 amide bonds. The summed E-state index contributed by atoms with van der Waals surface area (Å²) in [5.41, 5.74) is 8.51. The second-order valence-electron chi connectivity index (χ2n) is 8.26. The van der Waals surface area contributed by atoms with E-state index in [2.05, 4.69) is 4.98 Å². The number of piperidine rings is 1. The Morgan fingerprint density at radius 2 is 1.96 bits per heavy atom. The fraction of sp³-hybridized carbons (Fsp3) is 0.545. The number of amides is 1. The third-order valence-corrected chi connectivity index (χ3v) is 6.10. The van der Waals surface area contributed by atoms with Crippen LogP contribution in [0.3, 0.4) is 0 Å². The molecule has 2 unspecified atom stereocenters.